The molecule has 0 saturated heterocycles. The zero-order valence-electron chi connectivity index (χ0n) is 19.7. The lowest BCUT2D eigenvalue weighted by molar-refractivity contribution is 0.0884. The number of nitrogens with zero attached hydrogens (tertiary/aromatic N) is 2. The third-order valence-corrected chi connectivity index (χ3v) is 8.11. The van der Waals surface area contributed by atoms with Gasteiger partial charge in [-0.05, 0) is 49.9 Å². The number of rotatable bonds is 7. The van der Waals surface area contributed by atoms with E-state index in [9.17, 15) is 4.79 Å². The van der Waals surface area contributed by atoms with Gasteiger partial charge >= 0.3 is 0 Å². The van der Waals surface area contributed by atoms with Crippen molar-refractivity contribution in [1.29, 1.82) is 0 Å². The number of oxazole rings is 1. The highest BCUT2D eigenvalue weighted by molar-refractivity contribution is 8.00. The van der Waals surface area contributed by atoms with Crippen molar-refractivity contribution in [3.05, 3.63) is 53.4 Å². The number of thioether (sulfide) groups is 1. The number of benzene rings is 1. The number of carbonyl (C=O) groups excluding carboxylic acids is 1. The van der Waals surface area contributed by atoms with Crippen molar-refractivity contribution < 1.29 is 9.21 Å². The Kier molecular flexibility index (Phi) is 7.14. The fourth-order valence-electron chi connectivity index (χ4n) is 4.17. The molecule has 8 heteroatoms. The van der Waals surface area contributed by atoms with Gasteiger partial charge in [0.1, 0.15) is 5.76 Å². The number of thiazole rings is 1. The number of Topliss-reactive ketones (excluding diaryl/α,β-unsaturated/α-hetero) is 1. The number of nitrogen functional groups attached to an aromatic ring is 1. The Morgan fingerprint density at radius 1 is 1.27 bits per heavy atom. The van der Waals surface area contributed by atoms with Gasteiger partial charge in [0.25, 0.3) is 0 Å². The standard InChI is InChI=1S/C25H32N4O2S2/c1-15-10-17(26)8-9-19(15)23(30)16-6-5-7-18(11-16)29-24-28-13-22(33-24)32-14-21-27-12-20(31-21)25(2,3)4/h8-10,12-13,16,18H,5-7,11,14,26H2,1-4H3,(H,28,29)/t16?,18-/m1/s1. The largest absolute Gasteiger partial charge is 0.444 e. The molecule has 1 fully saturated rings. The van der Waals surface area contributed by atoms with Crippen LogP contribution in [0.25, 0.3) is 0 Å². The fraction of sp³-hybridized carbons (Fsp3) is 0.480. The van der Waals surface area contributed by atoms with Crippen LogP contribution in [-0.4, -0.2) is 21.8 Å². The van der Waals surface area contributed by atoms with E-state index in [0.717, 1.165) is 57.8 Å². The minimum atomic E-state index is -0.0384. The maximum atomic E-state index is 13.1. The number of ketones is 1. The van der Waals surface area contributed by atoms with Gasteiger partial charge in [-0.2, -0.15) is 0 Å². The summed E-state index contributed by atoms with van der Waals surface area (Å²) in [5.41, 5.74) is 8.26. The lowest BCUT2D eigenvalue weighted by atomic mass is 9.80. The third kappa shape index (κ3) is 5.98. The highest BCUT2D eigenvalue weighted by Gasteiger charge is 2.29. The topological polar surface area (TPSA) is 94.0 Å². The van der Waals surface area contributed by atoms with Gasteiger partial charge in [0.15, 0.2) is 10.9 Å². The number of nitrogens with one attached hydrogen (secondary N) is 1. The molecule has 1 aromatic carbocycles. The molecule has 2 heterocycles. The van der Waals surface area contributed by atoms with Crippen molar-refractivity contribution in [2.75, 3.05) is 11.1 Å². The number of carbonyl (C=O) groups is 1. The highest BCUT2D eigenvalue weighted by atomic mass is 32.2. The van der Waals surface area contributed by atoms with E-state index in [-0.39, 0.29) is 23.2 Å². The highest BCUT2D eigenvalue weighted by Crippen LogP contribution is 2.35. The second kappa shape index (κ2) is 9.89. The van der Waals surface area contributed by atoms with Crippen LogP contribution in [-0.2, 0) is 11.2 Å². The minimum absolute atomic E-state index is 0.0365. The van der Waals surface area contributed by atoms with Crippen LogP contribution in [0.5, 0.6) is 0 Å². The molecule has 1 unspecified atom stereocenters. The lowest BCUT2D eigenvalue weighted by Gasteiger charge is -2.29. The van der Waals surface area contributed by atoms with Crippen molar-refractivity contribution in [1.82, 2.24) is 9.97 Å². The zero-order valence-corrected chi connectivity index (χ0v) is 21.3. The van der Waals surface area contributed by atoms with Crippen molar-refractivity contribution in [3.63, 3.8) is 0 Å². The number of nitrogens with two attached hydrogens (primary N) is 1. The summed E-state index contributed by atoms with van der Waals surface area (Å²) in [6, 6.07) is 5.82. The number of aromatic nitrogens is 2. The first-order valence-corrected chi connectivity index (χ1v) is 13.2. The average molecular weight is 485 g/mol. The van der Waals surface area contributed by atoms with Crippen molar-refractivity contribution in [2.24, 2.45) is 5.92 Å². The monoisotopic (exact) mass is 484 g/mol. The molecule has 0 bridgehead atoms. The molecule has 2 atom stereocenters. The first-order chi connectivity index (χ1) is 15.7. The molecule has 0 radical (unpaired) electrons. The molecule has 2 aromatic heterocycles. The van der Waals surface area contributed by atoms with Crippen LogP contribution in [0.4, 0.5) is 10.8 Å². The van der Waals surface area contributed by atoms with Crippen LogP contribution in [0.15, 0.2) is 39.2 Å². The van der Waals surface area contributed by atoms with E-state index in [1.165, 1.54) is 0 Å². The van der Waals surface area contributed by atoms with Crippen LogP contribution < -0.4 is 11.1 Å². The van der Waals surface area contributed by atoms with Gasteiger partial charge in [-0.25, -0.2) is 9.97 Å². The van der Waals surface area contributed by atoms with Crippen LogP contribution in [0.2, 0.25) is 0 Å². The molecule has 176 valence electrons. The molecular weight excluding hydrogens is 452 g/mol. The van der Waals surface area contributed by atoms with E-state index in [2.05, 4.69) is 36.1 Å². The van der Waals surface area contributed by atoms with Gasteiger partial charge < -0.3 is 15.5 Å². The van der Waals surface area contributed by atoms with E-state index in [4.69, 9.17) is 10.2 Å². The van der Waals surface area contributed by atoms with Gasteiger partial charge in [0, 0.05) is 28.6 Å². The molecule has 1 aliphatic carbocycles. The molecule has 0 amide bonds. The van der Waals surface area contributed by atoms with Crippen LogP contribution in [0.3, 0.4) is 0 Å². The second-order valence-corrected chi connectivity index (χ2v) is 12.1. The average Bonchev–Trinajstić information content (AvgIpc) is 3.41. The van der Waals surface area contributed by atoms with Gasteiger partial charge in [0.2, 0.25) is 5.89 Å². The summed E-state index contributed by atoms with van der Waals surface area (Å²) >= 11 is 3.32. The lowest BCUT2D eigenvalue weighted by Crippen LogP contribution is -2.31. The van der Waals surface area contributed by atoms with Crippen molar-refractivity contribution >= 4 is 39.7 Å². The maximum absolute atomic E-state index is 13.1. The van der Waals surface area contributed by atoms with E-state index >= 15 is 0 Å². The molecule has 3 aromatic rings. The normalized spacial score (nSPS) is 18.9. The number of anilines is 2. The Morgan fingerprint density at radius 3 is 2.82 bits per heavy atom. The first kappa shape index (κ1) is 23.8. The molecule has 0 spiro atoms. The molecule has 6 nitrogen and oxygen atoms in total. The Balaban J connectivity index is 1.32. The van der Waals surface area contributed by atoms with Gasteiger partial charge in [-0.3, -0.25) is 4.79 Å². The van der Waals surface area contributed by atoms with Crippen LogP contribution >= 0.6 is 23.1 Å². The molecule has 1 saturated carbocycles. The number of hydrogen-bond donors (Lipinski definition) is 2. The SMILES string of the molecule is Cc1cc(N)ccc1C(=O)C1CCC[C@@H](Nc2ncc(SCc3ncc(C(C)(C)C)o3)s2)C1. The Bertz CT molecular complexity index is 1120. The molecule has 1 aliphatic rings. The summed E-state index contributed by atoms with van der Waals surface area (Å²) in [5.74, 6) is 2.59. The summed E-state index contributed by atoms with van der Waals surface area (Å²) in [6.45, 7) is 8.31. The molecule has 4 rings (SSSR count). The maximum Gasteiger partial charge on any atom is 0.204 e. The predicted molar refractivity (Wildman–Crippen MR) is 136 cm³/mol. The Labute approximate surface area is 203 Å². The fourth-order valence-corrected chi connectivity index (χ4v) is 5.97. The number of aryl methyl sites for hydroxylation is 1. The Hall–Kier alpha value is -2.32. The van der Waals surface area contributed by atoms with Crippen LogP contribution in [0.1, 0.15) is 74.0 Å². The molecule has 33 heavy (non-hydrogen) atoms. The minimum Gasteiger partial charge on any atom is -0.444 e. The quantitative estimate of drug-likeness (QED) is 0.226. The zero-order chi connectivity index (χ0) is 23.6. The van der Waals surface area contributed by atoms with Gasteiger partial charge in [-0.1, -0.05) is 38.5 Å². The summed E-state index contributed by atoms with van der Waals surface area (Å²) in [6.07, 6.45) is 7.58. The smallest absolute Gasteiger partial charge is 0.204 e. The van der Waals surface area contributed by atoms with E-state index in [1.807, 2.05) is 37.5 Å². The van der Waals surface area contributed by atoms with Gasteiger partial charge in [-0.15, -0.1) is 11.8 Å². The Morgan fingerprint density at radius 2 is 2.09 bits per heavy atom. The van der Waals surface area contributed by atoms with Crippen molar-refractivity contribution in [3.8, 4) is 0 Å². The van der Waals surface area contributed by atoms with Crippen molar-refractivity contribution in [2.45, 2.75) is 74.8 Å². The van der Waals surface area contributed by atoms with E-state index in [1.54, 1.807) is 23.1 Å². The van der Waals surface area contributed by atoms with Gasteiger partial charge in [0.05, 0.1) is 22.4 Å². The number of hydrogen-bond acceptors (Lipinski definition) is 8. The summed E-state index contributed by atoms with van der Waals surface area (Å²) in [7, 11) is 0. The summed E-state index contributed by atoms with van der Waals surface area (Å²) < 4.78 is 7.00. The van der Waals surface area contributed by atoms with E-state index < -0.39 is 0 Å². The molecular formula is C25H32N4O2S2. The van der Waals surface area contributed by atoms with Crippen LogP contribution in [0, 0.1) is 12.8 Å². The second-order valence-electron chi connectivity index (χ2n) is 9.78. The molecule has 3 N–H and O–H groups in total. The summed E-state index contributed by atoms with van der Waals surface area (Å²) in [4.78, 5) is 22.1. The van der Waals surface area contributed by atoms with E-state index in [0.29, 0.717) is 11.4 Å². The first-order valence-electron chi connectivity index (χ1n) is 11.4. The third-order valence-electron chi connectivity index (χ3n) is 6.00. The summed E-state index contributed by atoms with van der Waals surface area (Å²) in [5, 5.41) is 4.47. The predicted octanol–water partition coefficient (Wildman–Crippen LogP) is 6.47. The molecule has 0 aliphatic heterocycles.